The predicted octanol–water partition coefficient (Wildman–Crippen LogP) is 2.23. The Balaban J connectivity index is 1.94. The molecule has 0 aromatic heterocycles. The third-order valence-corrected chi connectivity index (χ3v) is 5.97. The third-order valence-electron chi connectivity index (χ3n) is 5.97. The summed E-state index contributed by atoms with van der Waals surface area (Å²) in [6, 6.07) is 4.59. The summed E-state index contributed by atoms with van der Waals surface area (Å²) in [6.45, 7) is 0.989. The van der Waals surface area contributed by atoms with Crippen LogP contribution in [0, 0.1) is 5.92 Å². The van der Waals surface area contributed by atoms with Crippen LogP contribution in [0.15, 0.2) is 12.1 Å². The highest BCUT2D eigenvalue weighted by Gasteiger charge is 2.54. The number of Topliss-reactive ketones (excluding diaryl/α,β-unsaturated/α-hetero) is 1. The van der Waals surface area contributed by atoms with Crippen LogP contribution in [0.2, 0.25) is 0 Å². The molecule has 118 valence electrons. The summed E-state index contributed by atoms with van der Waals surface area (Å²) in [6.07, 6.45) is 4.44. The van der Waals surface area contributed by atoms with Gasteiger partial charge in [0.25, 0.3) is 0 Å². The van der Waals surface area contributed by atoms with E-state index >= 15 is 0 Å². The molecule has 3 unspecified atom stereocenters. The molecule has 1 aromatic rings. The van der Waals surface area contributed by atoms with Crippen LogP contribution < -0.4 is 14.8 Å². The smallest absolute Gasteiger partial charge is 0.133 e. The van der Waals surface area contributed by atoms with Crippen LogP contribution in [0.25, 0.3) is 0 Å². The molecule has 1 aromatic carbocycles. The molecule has 1 aliphatic heterocycles. The van der Waals surface area contributed by atoms with Gasteiger partial charge in [-0.1, -0.05) is 0 Å². The van der Waals surface area contributed by atoms with E-state index in [4.69, 9.17) is 9.47 Å². The van der Waals surface area contributed by atoms with Gasteiger partial charge < -0.3 is 14.8 Å². The Morgan fingerprint density at radius 1 is 1.27 bits per heavy atom. The lowest BCUT2D eigenvalue weighted by molar-refractivity contribution is -0.125. The fraction of sp³-hybridized carbons (Fsp3) is 0.611. The number of carbonyl (C=O) groups is 1. The van der Waals surface area contributed by atoms with Crippen molar-refractivity contribution >= 4 is 5.78 Å². The van der Waals surface area contributed by atoms with E-state index < -0.39 is 0 Å². The fourth-order valence-corrected chi connectivity index (χ4v) is 5.15. The van der Waals surface area contributed by atoms with Crippen molar-refractivity contribution in [3.63, 3.8) is 0 Å². The Hall–Kier alpha value is -1.55. The van der Waals surface area contributed by atoms with E-state index in [1.54, 1.807) is 14.2 Å². The van der Waals surface area contributed by atoms with Gasteiger partial charge in [-0.2, -0.15) is 0 Å². The second-order valence-electron chi connectivity index (χ2n) is 6.90. The normalized spacial score (nSPS) is 32.9. The molecule has 3 aliphatic rings. The highest BCUT2D eigenvalue weighted by molar-refractivity contribution is 5.82. The first-order chi connectivity index (χ1) is 10.7. The van der Waals surface area contributed by atoms with Crippen molar-refractivity contribution in [3.05, 3.63) is 23.3 Å². The third kappa shape index (κ3) is 1.83. The summed E-state index contributed by atoms with van der Waals surface area (Å²) in [5.41, 5.74) is 2.54. The monoisotopic (exact) mass is 301 g/mol. The Bertz CT molecular complexity index is 627. The Morgan fingerprint density at radius 2 is 2.14 bits per heavy atom. The average Bonchev–Trinajstić information content (AvgIpc) is 2.52. The molecule has 1 heterocycles. The number of carbonyl (C=O) groups excluding carboxylic acids is 1. The van der Waals surface area contributed by atoms with Crippen LogP contribution >= 0.6 is 0 Å². The number of benzene rings is 1. The van der Waals surface area contributed by atoms with Crippen molar-refractivity contribution in [2.45, 2.75) is 43.6 Å². The van der Waals surface area contributed by atoms with E-state index in [1.807, 2.05) is 6.07 Å². The van der Waals surface area contributed by atoms with Crippen LogP contribution in [-0.4, -0.2) is 32.6 Å². The molecule has 0 radical (unpaired) electrons. The van der Waals surface area contributed by atoms with Gasteiger partial charge in [0.15, 0.2) is 0 Å². The van der Waals surface area contributed by atoms with E-state index in [0.29, 0.717) is 24.2 Å². The SMILES string of the molecule is COc1cc2c(c(OC)c1)C13CCNC(C2)C1CCC(=O)C3. The largest absolute Gasteiger partial charge is 0.497 e. The van der Waals surface area contributed by atoms with Crippen LogP contribution in [-0.2, 0) is 16.6 Å². The van der Waals surface area contributed by atoms with Crippen LogP contribution in [0.3, 0.4) is 0 Å². The highest BCUT2D eigenvalue weighted by atomic mass is 16.5. The van der Waals surface area contributed by atoms with Crippen molar-refractivity contribution < 1.29 is 14.3 Å². The van der Waals surface area contributed by atoms with Gasteiger partial charge in [0, 0.05) is 35.9 Å². The minimum atomic E-state index is -0.0313. The van der Waals surface area contributed by atoms with Crippen molar-refractivity contribution in [1.29, 1.82) is 0 Å². The molecular formula is C18H23NO3. The number of ether oxygens (including phenoxy) is 2. The molecule has 22 heavy (non-hydrogen) atoms. The molecule has 4 nitrogen and oxygen atoms in total. The minimum absolute atomic E-state index is 0.0313. The van der Waals surface area contributed by atoms with Crippen LogP contribution in [0.4, 0.5) is 0 Å². The molecule has 4 rings (SSSR count). The zero-order valence-corrected chi connectivity index (χ0v) is 13.3. The number of piperidine rings is 1. The first kappa shape index (κ1) is 14.1. The predicted molar refractivity (Wildman–Crippen MR) is 83.7 cm³/mol. The topological polar surface area (TPSA) is 47.6 Å². The van der Waals surface area contributed by atoms with E-state index in [9.17, 15) is 4.79 Å². The van der Waals surface area contributed by atoms with Gasteiger partial charge in [-0.25, -0.2) is 0 Å². The standard InChI is InChI=1S/C18H23NO3/c1-21-13-7-11-8-15-14-4-3-12(20)10-18(14,5-6-19-15)17(11)16(9-13)22-2/h7,9,14-15,19H,3-6,8,10H2,1-2H3. The summed E-state index contributed by atoms with van der Waals surface area (Å²) in [7, 11) is 3.41. The van der Waals surface area contributed by atoms with Gasteiger partial charge in [0.2, 0.25) is 0 Å². The Kier molecular flexibility index (Phi) is 3.19. The molecule has 2 bridgehead atoms. The van der Waals surface area contributed by atoms with E-state index in [1.165, 1.54) is 11.1 Å². The van der Waals surface area contributed by atoms with E-state index in [2.05, 4.69) is 11.4 Å². The number of hydrogen-bond donors (Lipinski definition) is 1. The van der Waals surface area contributed by atoms with Crippen LogP contribution in [0.1, 0.15) is 36.8 Å². The Labute approximate surface area is 131 Å². The van der Waals surface area contributed by atoms with E-state index in [0.717, 1.165) is 43.7 Å². The van der Waals surface area contributed by atoms with Gasteiger partial charge in [-0.05, 0) is 43.4 Å². The summed E-state index contributed by atoms with van der Waals surface area (Å²) in [5.74, 6) is 2.69. The molecule has 3 atom stereocenters. The zero-order chi connectivity index (χ0) is 15.3. The van der Waals surface area contributed by atoms with Crippen molar-refractivity contribution in [1.82, 2.24) is 5.32 Å². The first-order valence-electron chi connectivity index (χ1n) is 8.18. The lowest BCUT2D eigenvalue weighted by Gasteiger charge is -2.55. The van der Waals surface area contributed by atoms with Gasteiger partial charge in [0.05, 0.1) is 14.2 Å². The highest BCUT2D eigenvalue weighted by Crippen LogP contribution is 2.56. The summed E-state index contributed by atoms with van der Waals surface area (Å²) in [5, 5.41) is 3.68. The van der Waals surface area contributed by atoms with Crippen LogP contribution in [0.5, 0.6) is 11.5 Å². The maximum absolute atomic E-state index is 12.3. The van der Waals surface area contributed by atoms with E-state index in [-0.39, 0.29) is 5.41 Å². The lowest BCUT2D eigenvalue weighted by atomic mass is 9.52. The van der Waals surface area contributed by atoms with Crippen molar-refractivity contribution in [2.24, 2.45) is 5.92 Å². The van der Waals surface area contributed by atoms with Crippen molar-refractivity contribution in [3.8, 4) is 11.5 Å². The van der Waals surface area contributed by atoms with Gasteiger partial charge in [-0.3, -0.25) is 4.79 Å². The quantitative estimate of drug-likeness (QED) is 0.910. The maximum atomic E-state index is 12.3. The Morgan fingerprint density at radius 3 is 2.91 bits per heavy atom. The molecule has 0 spiro atoms. The van der Waals surface area contributed by atoms with Gasteiger partial charge in [0.1, 0.15) is 17.3 Å². The zero-order valence-electron chi connectivity index (χ0n) is 13.3. The number of methoxy groups -OCH3 is 2. The minimum Gasteiger partial charge on any atom is -0.497 e. The lowest BCUT2D eigenvalue weighted by Crippen LogP contribution is -2.60. The summed E-state index contributed by atoms with van der Waals surface area (Å²) >= 11 is 0. The molecule has 0 amide bonds. The van der Waals surface area contributed by atoms with Gasteiger partial charge in [-0.15, -0.1) is 0 Å². The first-order valence-corrected chi connectivity index (χ1v) is 8.18. The molecule has 1 saturated heterocycles. The molecule has 2 fully saturated rings. The molecular weight excluding hydrogens is 278 g/mol. The van der Waals surface area contributed by atoms with Gasteiger partial charge >= 0.3 is 0 Å². The molecule has 4 heteroatoms. The summed E-state index contributed by atoms with van der Waals surface area (Å²) in [4.78, 5) is 12.3. The number of hydrogen-bond acceptors (Lipinski definition) is 4. The fourth-order valence-electron chi connectivity index (χ4n) is 5.15. The number of nitrogens with one attached hydrogen (secondary N) is 1. The second-order valence-corrected chi connectivity index (χ2v) is 6.90. The number of fused-ring (bicyclic) bond motifs is 1. The summed E-state index contributed by atoms with van der Waals surface area (Å²) < 4.78 is 11.1. The average molecular weight is 301 g/mol. The maximum Gasteiger partial charge on any atom is 0.133 e. The second kappa shape index (κ2) is 4.98. The van der Waals surface area contributed by atoms with Crippen molar-refractivity contribution in [2.75, 3.05) is 20.8 Å². The molecule has 1 saturated carbocycles. The molecule has 1 N–H and O–H groups in total. The number of ketones is 1. The number of rotatable bonds is 2. The molecule has 2 aliphatic carbocycles.